The number of pyridine rings is 1. The van der Waals surface area contributed by atoms with E-state index in [-0.39, 0.29) is 0 Å². The van der Waals surface area contributed by atoms with Gasteiger partial charge in [-0.25, -0.2) is 0 Å². The average Bonchev–Trinajstić information content (AvgIpc) is 3.21. The van der Waals surface area contributed by atoms with Gasteiger partial charge in [0.15, 0.2) is 0 Å². The van der Waals surface area contributed by atoms with Crippen LogP contribution in [-0.4, -0.2) is 21.8 Å². The second-order valence-corrected chi connectivity index (χ2v) is 5.07. The molecule has 1 fully saturated rings. The van der Waals surface area contributed by atoms with E-state index in [0.29, 0.717) is 18.4 Å². The van der Waals surface area contributed by atoms with E-state index in [2.05, 4.69) is 16.8 Å². The highest BCUT2D eigenvalue weighted by atomic mass is 16.2. The molecular formula is C15H22N2O. The van der Waals surface area contributed by atoms with Gasteiger partial charge in [-0.3, -0.25) is 9.78 Å². The van der Waals surface area contributed by atoms with Crippen LogP contribution in [0.1, 0.15) is 51.0 Å². The summed E-state index contributed by atoms with van der Waals surface area (Å²) in [5.74, 6) is 0.322. The SMILES string of the molecule is CCCCCC(=O)N(Cc1ccncc1)C1CC1. The third-order valence-electron chi connectivity index (χ3n) is 3.40. The second-order valence-electron chi connectivity index (χ2n) is 5.07. The monoisotopic (exact) mass is 246 g/mol. The van der Waals surface area contributed by atoms with Gasteiger partial charge in [-0.2, -0.15) is 0 Å². The molecule has 1 amide bonds. The van der Waals surface area contributed by atoms with Crippen LogP contribution < -0.4 is 0 Å². The molecule has 0 unspecified atom stereocenters. The number of carbonyl (C=O) groups excluding carboxylic acids is 1. The predicted octanol–water partition coefficient (Wildman–Crippen LogP) is 3.15. The summed E-state index contributed by atoms with van der Waals surface area (Å²) in [5.41, 5.74) is 1.18. The Bertz CT molecular complexity index is 373. The standard InChI is InChI=1S/C15H22N2O/c1-2-3-4-5-15(18)17(14-6-7-14)12-13-8-10-16-11-9-13/h8-11,14H,2-7,12H2,1H3. The van der Waals surface area contributed by atoms with Crippen molar-refractivity contribution in [2.45, 2.75) is 58.0 Å². The molecule has 0 bridgehead atoms. The largest absolute Gasteiger partial charge is 0.335 e. The molecule has 0 N–H and O–H groups in total. The number of carbonyl (C=O) groups is 1. The summed E-state index contributed by atoms with van der Waals surface area (Å²) >= 11 is 0. The molecule has 1 aliphatic rings. The van der Waals surface area contributed by atoms with Gasteiger partial charge in [-0.15, -0.1) is 0 Å². The molecule has 0 aromatic carbocycles. The maximum atomic E-state index is 12.2. The summed E-state index contributed by atoms with van der Waals surface area (Å²) in [4.78, 5) is 18.3. The molecule has 1 aromatic heterocycles. The van der Waals surface area contributed by atoms with Crippen LogP contribution in [0, 0.1) is 0 Å². The fraction of sp³-hybridized carbons (Fsp3) is 0.600. The molecule has 1 aromatic rings. The van der Waals surface area contributed by atoms with Crippen LogP contribution in [0.15, 0.2) is 24.5 Å². The Morgan fingerprint density at radius 3 is 2.67 bits per heavy atom. The first-order chi connectivity index (χ1) is 8.81. The highest BCUT2D eigenvalue weighted by Crippen LogP contribution is 2.29. The Labute approximate surface area is 109 Å². The minimum Gasteiger partial charge on any atom is -0.335 e. The molecule has 0 radical (unpaired) electrons. The number of hydrogen-bond donors (Lipinski definition) is 0. The van der Waals surface area contributed by atoms with Crippen molar-refractivity contribution in [1.29, 1.82) is 0 Å². The Morgan fingerprint density at radius 1 is 1.33 bits per heavy atom. The lowest BCUT2D eigenvalue weighted by Crippen LogP contribution is -2.32. The maximum absolute atomic E-state index is 12.2. The van der Waals surface area contributed by atoms with Crippen molar-refractivity contribution in [3.63, 3.8) is 0 Å². The van der Waals surface area contributed by atoms with Gasteiger partial charge < -0.3 is 4.90 Å². The van der Waals surface area contributed by atoms with Crippen LogP contribution >= 0.6 is 0 Å². The molecule has 3 nitrogen and oxygen atoms in total. The van der Waals surface area contributed by atoms with E-state index in [1.54, 1.807) is 12.4 Å². The number of amides is 1. The van der Waals surface area contributed by atoms with E-state index >= 15 is 0 Å². The fourth-order valence-corrected chi connectivity index (χ4v) is 2.16. The Kier molecular flexibility index (Phi) is 4.73. The Morgan fingerprint density at radius 2 is 2.06 bits per heavy atom. The van der Waals surface area contributed by atoms with Crippen LogP contribution in [0.25, 0.3) is 0 Å². The lowest BCUT2D eigenvalue weighted by molar-refractivity contribution is -0.132. The van der Waals surface area contributed by atoms with E-state index in [1.165, 1.54) is 24.8 Å². The van der Waals surface area contributed by atoms with Gasteiger partial charge in [0.2, 0.25) is 5.91 Å². The topological polar surface area (TPSA) is 33.2 Å². The highest BCUT2D eigenvalue weighted by Gasteiger charge is 2.31. The van der Waals surface area contributed by atoms with Crippen molar-refractivity contribution in [3.05, 3.63) is 30.1 Å². The highest BCUT2D eigenvalue weighted by molar-refractivity contribution is 5.76. The molecule has 0 atom stereocenters. The van der Waals surface area contributed by atoms with Crippen LogP contribution in [0.4, 0.5) is 0 Å². The van der Waals surface area contributed by atoms with Gasteiger partial charge in [0.25, 0.3) is 0 Å². The van der Waals surface area contributed by atoms with Crippen molar-refractivity contribution in [2.24, 2.45) is 0 Å². The summed E-state index contributed by atoms with van der Waals surface area (Å²) in [6, 6.07) is 4.48. The maximum Gasteiger partial charge on any atom is 0.223 e. The van der Waals surface area contributed by atoms with Crippen LogP contribution in [0.3, 0.4) is 0 Å². The van der Waals surface area contributed by atoms with Gasteiger partial charge in [0.1, 0.15) is 0 Å². The molecule has 0 saturated heterocycles. The molecule has 1 heterocycles. The number of rotatable bonds is 7. The zero-order valence-electron chi connectivity index (χ0n) is 11.1. The van der Waals surface area contributed by atoms with E-state index in [4.69, 9.17) is 0 Å². The normalized spacial score (nSPS) is 14.5. The van der Waals surface area contributed by atoms with Gasteiger partial charge in [-0.05, 0) is 37.0 Å². The van der Waals surface area contributed by atoms with Gasteiger partial charge in [0, 0.05) is 31.4 Å². The van der Waals surface area contributed by atoms with Crippen LogP contribution in [0.2, 0.25) is 0 Å². The quantitative estimate of drug-likeness (QED) is 0.692. The smallest absolute Gasteiger partial charge is 0.223 e. The Balaban J connectivity index is 1.89. The number of unbranched alkanes of at least 4 members (excludes halogenated alkanes) is 2. The molecule has 1 saturated carbocycles. The molecule has 18 heavy (non-hydrogen) atoms. The third kappa shape index (κ3) is 3.83. The van der Waals surface area contributed by atoms with Crippen LogP contribution in [-0.2, 0) is 11.3 Å². The molecular weight excluding hydrogens is 224 g/mol. The van der Waals surface area contributed by atoms with Crippen LogP contribution in [0.5, 0.6) is 0 Å². The van der Waals surface area contributed by atoms with E-state index in [0.717, 1.165) is 19.4 Å². The average molecular weight is 246 g/mol. The molecule has 0 spiro atoms. The Hall–Kier alpha value is -1.38. The van der Waals surface area contributed by atoms with Crippen molar-refractivity contribution in [1.82, 2.24) is 9.88 Å². The van der Waals surface area contributed by atoms with Crippen molar-refractivity contribution in [2.75, 3.05) is 0 Å². The van der Waals surface area contributed by atoms with Crippen molar-refractivity contribution >= 4 is 5.91 Å². The van der Waals surface area contributed by atoms with Gasteiger partial charge in [0.05, 0.1) is 0 Å². The first-order valence-electron chi connectivity index (χ1n) is 6.99. The first kappa shape index (κ1) is 13.1. The predicted molar refractivity (Wildman–Crippen MR) is 72.0 cm³/mol. The van der Waals surface area contributed by atoms with Gasteiger partial charge in [-0.1, -0.05) is 19.8 Å². The molecule has 1 aliphatic carbocycles. The summed E-state index contributed by atoms with van der Waals surface area (Å²) in [7, 11) is 0. The zero-order valence-corrected chi connectivity index (χ0v) is 11.1. The van der Waals surface area contributed by atoms with E-state index < -0.39 is 0 Å². The molecule has 98 valence electrons. The summed E-state index contributed by atoms with van der Waals surface area (Å²) in [6.07, 6.45) is 9.98. The van der Waals surface area contributed by atoms with Gasteiger partial charge >= 0.3 is 0 Å². The minimum absolute atomic E-state index is 0.322. The van der Waals surface area contributed by atoms with E-state index in [1.807, 2.05) is 12.1 Å². The summed E-state index contributed by atoms with van der Waals surface area (Å²) in [5, 5.41) is 0. The lowest BCUT2D eigenvalue weighted by atomic mass is 10.1. The lowest BCUT2D eigenvalue weighted by Gasteiger charge is -2.22. The first-order valence-corrected chi connectivity index (χ1v) is 6.99. The summed E-state index contributed by atoms with van der Waals surface area (Å²) < 4.78 is 0. The number of hydrogen-bond acceptors (Lipinski definition) is 2. The molecule has 3 heteroatoms. The number of nitrogens with zero attached hydrogens (tertiary/aromatic N) is 2. The minimum atomic E-state index is 0.322. The van der Waals surface area contributed by atoms with E-state index in [9.17, 15) is 4.79 Å². The second kappa shape index (κ2) is 6.53. The molecule has 2 rings (SSSR count). The molecule has 0 aliphatic heterocycles. The zero-order chi connectivity index (χ0) is 12.8. The third-order valence-corrected chi connectivity index (χ3v) is 3.40. The van der Waals surface area contributed by atoms with Crippen molar-refractivity contribution < 1.29 is 4.79 Å². The number of aromatic nitrogens is 1. The fourth-order valence-electron chi connectivity index (χ4n) is 2.16. The summed E-state index contributed by atoms with van der Waals surface area (Å²) in [6.45, 7) is 2.91. The van der Waals surface area contributed by atoms with Crippen molar-refractivity contribution in [3.8, 4) is 0 Å².